The molecule has 0 atom stereocenters. The number of aromatic nitrogens is 3. The first-order chi connectivity index (χ1) is 8.60. The predicted octanol–water partition coefficient (Wildman–Crippen LogP) is 2.73. The van der Waals surface area contributed by atoms with Gasteiger partial charge >= 0.3 is 6.01 Å². The summed E-state index contributed by atoms with van der Waals surface area (Å²) in [6, 6.07) is 5.86. The van der Waals surface area contributed by atoms with Crippen molar-refractivity contribution in [1.82, 2.24) is 15.0 Å². The Bertz CT molecular complexity index is 558. The quantitative estimate of drug-likeness (QED) is 0.858. The molecule has 0 aliphatic rings. The van der Waals surface area contributed by atoms with Gasteiger partial charge in [-0.3, -0.25) is 0 Å². The maximum absolute atomic E-state index is 5.56. The summed E-state index contributed by atoms with van der Waals surface area (Å²) < 4.78 is 6.67. The van der Waals surface area contributed by atoms with Gasteiger partial charge in [0.2, 0.25) is 11.9 Å². The van der Waals surface area contributed by atoms with E-state index in [0.29, 0.717) is 5.95 Å². The molecule has 2 rings (SSSR count). The third-order valence-corrected chi connectivity index (χ3v) is 3.34. The first-order valence-corrected chi connectivity index (χ1v) is 6.45. The van der Waals surface area contributed by atoms with Crippen molar-refractivity contribution in [2.45, 2.75) is 0 Å². The summed E-state index contributed by atoms with van der Waals surface area (Å²) in [7, 11) is 1.47. The highest BCUT2D eigenvalue weighted by atomic mass is 79.9. The summed E-state index contributed by atoms with van der Waals surface area (Å²) in [4.78, 5) is 11.8. The molecule has 0 fully saturated rings. The number of rotatable bonds is 3. The van der Waals surface area contributed by atoms with Gasteiger partial charge in [-0.05, 0) is 44.0 Å². The van der Waals surface area contributed by atoms with Gasteiger partial charge in [0.15, 0.2) is 0 Å². The molecule has 8 heteroatoms. The van der Waals surface area contributed by atoms with E-state index in [4.69, 9.17) is 10.5 Å². The fourth-order valence-electron chi connectivity index (χ4n) is 1.25. The lowest BCUT2D eigenvalue weighted by molar-refractivity contribution is 0.380. The van der Waals surface area contributed by atoms with Crippen molar-refractivity contribution in [2.75, 3.05) is 18.2 Å². The van der Waals surface area contributed by atoms with E-state index in [1.54, 1.807) is 0 Å². The maximum Gasteiger partial charge on any atom is 0.322 e. The minimum absolute atomic E-state index is 0.0903. The standard InChI is InChI=1S/C10H9Br2N5O/c1-18-10-16-8(13)15-9(17-10)14-7-5(11)3-2-4-6(7)12/h2-4H,1H3,(H3,13,14,15,16,17). The Morgan fingerprint density at radius 2 is 1.83 bits per heavy atom. The number of para-hydroxylation sites is 1. The van der Waals surface area contributed by atoms with E-state index in [-0.39, 0.29) is 12.0 Å². The van der Waals surface area contributed by atoms with Crippen molar-refractivity contribution in [3.63, 3.8) is 0 Å². The van der Waals surface area contributed by atoms with E-state index in [1.165, 1.54) is 7.11 Å². The number of methoxy groups -OCH3 is 1. The molecule has 0 amide bonds. The Morgan fingerprint density at radius 1 is 1.17 bits per heavy atom. The smallest absolute Gasteiger partial charge is 0.322 e. The van der Waals surface area contributed by atoms with Crippen molar-refractivity contribution in [2.24, 2.45) is 0 Å². The zero-order valence-corrected chi connectivity index (χ0v) is 12.5. The Balaban J connectivity index is 2.37. The Kier molecular flexibility index (Phi) is 3.97. The van der Waals surface area contributed by atoms with Crippen LogP contribution in [0, 0.1) is 0 Å². The second-order valence-electron chi connectivity index (χ2n) is 3.23. The number of nitrogens with two attached hydrogens (primary N) is 1. The molecule has 0 spiro atoms. The monoisotopic (exact) mass is 373 g/mol. The van der Waals surface area contributed by atoms with Crippen molar-refractivity contribution in [3.8, 4) is 6.01 Å². The topological polar surface area (TPSA) is 86.0 Å². The second-order valence-corrected chi connectivity index (χ2v) is 4.93. The van der Waals surface area contributed by atoms with Gasteiger partial charge in [0.25, 0.3) is 0 Å². The average Bonchev–Trinajstić information content (AvgIpc) is 2.33. The second kappa shape index (κ2) is 5.49. The predicted molar refractivity (Wildman–Crippen MR) is 75.9 cm³/mol. The molecule has 0 bridgehead atoms. The van der Waals surface area contributed by atoms with Gasteiger partial charge in [0.1, 0.15) is 0 Å². The van der Waals surface area contributed by atoms with Gasteiger partial charge in [-0.25, -0.2) is 0 Å². The molecule has 0 saturated heterocycles. The largest absolute Gasteiger partial charge is 0.467 e. The minimum atomic E-state index is 0.0903. The van der Waals surface area contributed by atoms with Gasteiger partial charge < -0.3 is 15.8 Å². The Morgan fingerprint density at radius 3 is 2.44 bits per heavy atom. The molecule has 0 radical (unpaired) electrons. The average molecular weight is 375 g/mol. The molecule has 1 heterocycles. The summed E-state index contributed by atoms with van der Waals surface area (Å²) in [5.41, 5.74) is 6.36. The van der Waals surface area contributed by atoms with E-state index in [2.05, 4.69) is 52.1 Å². The molecule has 0 aliphatic heterocycles. The van der Waals surface area contributed by atoms with E-state index in [1.807, 2.05) is 18.2 Å². The van der Waals surface area contributed by atoms with Crippen LogP contribution in [-0.4, -0.2) is 22.1 Å². The highest BCUT2D eigenvalue weighted by Gasteiger charge is 2.09. The number of anilines is 3. The molecule has 2 aromatic rings. The zero-order chi connectivity index (χ0) is 13.1. The van der Waals surface area contributed by atoms with Crippen molar-refractivity contribution in [1.29, 1.82) is 0 Å². The van der Waals surface area contributed by atoms with E-state index in [9.17, 15) is 0 Å². The van der Waals surface area contributed by atoms with Crippen molar-refractivity contribution < 1.29 is 4.74 Å². The SMILES string of the molecule is COc1nc(N)nc(Nc2c(Br)cccc2Br)n1. The number of nitrogens with zero attached hydrogens (tertiary/aromatic N) is 3. The van der Waals surface area contributed by atoms with E-state index < -0.39 is 0 Å². The lowest BCUT2D eigenvalue weighted by Crippen LogP contribution is -2.05. The molecular formula is C10H9Br2N5O. The summed E-state index contributed by atoms with van der Waals surface area (Å²) in [5, 5.41) is 3.04. The molecule has 94 valence electrons. The third kappa shape index (κ3) is 2.88. The van der Waals surface area contributed by atoms with Crippen LogP contribution < -0.4 is 15.8 Å². The van der Waals surface area contributed by atoms with Crippen LogP contribution in [0.1, 0.15) is 0 Å². The number of nitrogen functional groups attached to an aromatic ring is 1. The molecule has 3 N–H and O–H groups in total. The van der Waals surface area contributed by atoms with Crippen LogP contribution >= 0.6 is 31.9 Å². The summed E-state index contributed by atoms with van der Waals surface area (Å²) >= 11 is 6.87. The number of ether oxygens (including phenoxy) is 1. The van der Waals surface area contributed by atoms with Gasteiger partial charge in [0.05, 0.1) is 12.8 Å². The molecular weight excluding hydrogens is 366 g/mol. The summed E-state index contributed by atoms with van der Waals surface area (Å²) in [6.07, 6.45) is 0. The normalized spacial score (nSPS) is 10.2. The van der Waals surface area contributed by atoms with E-state index >= 15 is 0 Å². The molecule has 0 unspecified atom stereocenters. The first-order valence-electron chi connectivity index (χ1n) is 4.86. The van der Waals surface area contributed by atoms with Crippen molar-refractivity contribution >= 4 is 49.4 Å². The van der Waals surface area contributed by atoms with E-state index in [0.717, 1.165) is 14.6 Å². The maximum atomic E-state index is 5.56. The van der Waals surface area contributed by atoms with Gasteiger partial charge in [-0.15, -0.1) is 0 Å². The first kappa shape index (κ1) is 13.0. The molecule has 0 saturated carbocycles. The lowest BCUT2D eigenvalue weighted by Gasteiger charge is -2.09. The molecule has 1 aromatic carbocycles. The van der Waals surface area contributed by atoms with Crippen LogP contribution in [0.4, 0.5) is 17.6 Å². The Hall–Kier alpha value is -1.41. The zero-order valence-electron chi connectivity index (χ0n) is 9.32. The lowest BCUT2D eigenvalue weighted by atomic mass is 10.3. The Labute approximate surface area is 120 Å². The van der Waals surface area contributed by atoms with Crippen LogP contribution in [0.2, 0.25) is 0 Å². The number of hydrogen-bond acceptors (Lipinski definition) is 6. The van der Waals surface area contributed by atoms with Gasteiger partial charge in [-0.1, -0.05) is 6.07 Å². The van der Waals surface area contributed by atoms with Crippen LogP contribution in [-0.2, 0) is 0 Å². The van der Waals surface area contributed by atoms with Crippen LogP contribution in [0.3, 0.4) is 0 Å². The van der Waals surface area contributed by atoms with Crippen LogP contribution in [0.25, 0.3) is 0 Å². The van der Waals surface area contributed by atoms with Gasteiger partial charge in [-0.2, -0.15) is 15.0 Å². The van der Waals surface area contributed by atoms with Crippen LogP contribution in [0.15, 0.2) is 27.1 Å². The number of benzene rings is 1. The molecule has 1 aromatic heterocycles. The number of hydrogen-bond donors (Lipinski definition) is 2. The van der Waals surface area contributed by atoms with Crippen LogP contribution in [0.5, 0.6) is 6.01 Å². The molecule has 18 heavy (non-hydrogen) atoms. The summed E-state index contributed by atoms with van der Waals surface area (Å²) in [6.45, 7) is 0. The number of halogens is 2. The minimum Gasteiger partial charge on any atom is -0.467 e. The summed E-state index contributed by atoms with van der Waals surface area (Å²) in [5.74, 6) is 0.402. The molecule has 6 nitrogen and oxygen atoms in total. The fourth-order valence-corrected chi connectivity index (χ4v) is 2.44. The molecule has 0 aliphatic carbocycles. The van der Waals surface area contributed by atoms with Gasteiger partial charge in [0, 0.05) is 8.95 Å². The third-order valence-electron chi connectivity index (χ3n) is 2.01. The number of nitrogens with one attached hydrogen (secondary N) is 1. The fraction of sp³-hybridized carbons (Fsp3) is 0.100. The highest BCUT2D eigenvalue weighted by molar-refractivity contribution is 9.11. The van der Waals surface area contributed by atoms with Crippen molar-refractivity contribution in [3.05, 3.63) is 27.1 Å². The highest BCUT2D eigenvalue weighted by Crippen LogP contribution is 2.32.